The monoisotopic (exact) mass is 418 g/mol. The normalized spacial score (nSPS) is 20.4. The third-order valence-corrected chi connectivity index (χ3v) is 7.51. The van der Waals surface area contributed by atoms with Crippen LogP contribution in [0.5, 0.6) is 0 Å². The van der Waals surface area contributed by atoms with Gasteiger partial charge in [-0.25, -0.2) is 12.8 Å². The standard InChI is InChI=1S/C22H27FN2O3S/c1-16-8-9-20(17(2)12-16)29(27,28)25-11-5-10-22(3,15-25)21(26)24-14-18-6-4-7-19(23)13-18/h4,6-9,12-13H,5,10-11,14-15H2,1-3H3,(H,24,26). The van der Waals surface area contributed by atoms with E-state index in [1.165, 1.54) is 16.4 Å². The van der Waals surface area contributed by atoms with Crippen LogP contribution in [-0.4, -0.2) is 31.7 Å². The van der Waals surface area contributed by atoms with Gasteiger partial charge in [0.2, 0.25) is 15.9 Å². The molecular weight excluding hydrogens is 391 g/mol. The van der Waals surface area contributed by atoms with E-state index in [2.05, 4.69) is 5.32 Å². The number of halogens is 1. The van der Waals surface area contributed by atoms with Gasteiger partial charge in [-0.3, -0.25) is 4.79 Å². The maximum Gasteiger partial charge on any atom is 0.243 e. The van der Waals surface area contributed by atoms with Gasteiger partial charge in [-0.1, -0.05) is 29.8 Å². The lowest BCUT2D eigenvalue weighted by molar-refractivity contribution is -0.132. The van der Waals surface area contributed by atoms with Crippen molar-refractivity contribution >= 4 is 15.9 Å². The molecule has 156 valence electrons. The molecule has 7 heteroatoms. The molecule has 1 aliphatic rings. The van der Waals surface area contributed by atoms with Crippen LogP contribution in [0.1, 0.15) is 36.5 Å². The van der Waals surface area contributed by atoms with Crippen LogP contribution in [0.2, 0.25) is 0 Å². The summed E-state index contributed by atoms with van der Waals surface area (Å²) in [5.41, 5.74) is 1.53. The largest absolute Gasteiger partial charge is 0.352 e. The van der Waals surface area contributed by atoms with Gasteiger partial charge in [-0.15, -0.1) is 0 Å². The van der Waals surface area contributed by atoms with Gasteiger partial charge in [0.1, 0.15) is 5.82 Å². The third kappa shape index (κ3) is 4.67. The van der Waals surface area contributed by atoms with Crippen LogP contribution in [0.3, 0.4) is 0 Å². The first-order valence-electron chi connectivity index (χ1n) is 9.72. The molecule has 0 spiro atoms. The van der Waals surface area contributed by atoms with Gasteiger partial charge in [-0.2, -0.15) is 4.31 Å². The van der Waals surface area contributed by atoms with Gasteiger partial charge >= 0.3 is 0 Å². The quantitative estimate of drug-likeness (QED) is 0.808. The molecule has 0 aromatic heterocycles. The smallest absolute Gasteiger partial charge is 0.243 e. The molecule has 5 nitrogen and oxygen atoms in total. The third-order valence-electron chi connectivity index (χ3n) is 5.50. The van der Waals surface area contributed by atoms with Gasteiger partial charge in [0.15, 0.2) is 0 Å². The number of carbonyl (C=O) groups is 1. The molecule has 0 bridgehead atoms. The molecule has 2 aromatic rings. The number of hydrogen-bond donors (Lipinski definition) is 1. The van der Waals surface area contributed by atoms with E-state index in [0.29, 0.717) is 30.5 Å². The van der Waals surface area contributed by atoms with Crippen molar-refractivity contribution in [1.29, 1.82) is 0 Å². The molecule has 1 unspecified atom stereocenters. The van der Waals surface area contributed by atoms with E-state index >= 15 is 0 Å². The second kappa shape index (κ2) is 8.24. The Kier molecular flexibility index (Phi) is 6.10. The van der Waals surface area contributed by atoms with Gasteiger partial charge in [0.05, 0.1) is 10.3 Å². The van der Waals surface area contributed by atoms with Crippen LogP contribution in [0.15, 0.2) is 47.4 Å². The van der Waals surface area contributed by atoms with Crippen LogP contribution in [0, 0.1) is 25.1 Å². The first kappa shape index (κ1) is 21.5. The molecule has 0 aliphatic carbocycles. The summed E-state index contributed by atoms with van der Waals surface area (Å²) in [6.07, 6.45) is 1.20. The Hall–Kier alpha value is -2.25. The number of nitrogens with one attached hydrogen (secondary N) is 1. The summed E-state index contributed by atoms with van der Waals surface area (Å²) in [6, 6.07) is 11.3. The zero-order valence-electron chi connectivity index (χ0n) is 17.0. The highest BCUT2D eigenvalue weighted by atomic mass is 32.2. The van der Waals surface area contributed by atoms with E-state index < -0.39 is 15.4 Å². The highest BCUT2D eigenvalue weighted by molar-refractivity contribution is 7.89. The summed E-state index contributed by atoms with van der Waals surface area (Å²) in [4.78, 5) is 13.2. The van der Waals surface area contributed by atoms with Crippen LogP contribution >= 0.6 is 0 Å². The van der Waals surface area contributed by atoms with Crippen molar-refractivity contribution in [2.45, 2.75) is 45.1 Å². The average Bonchev–Trinajstić information content (AvgIpc) is 2.66. The van der Waals surface area contributed by atoms with Crippen molar-refractivity contribution in [3.8, 4) is 0 Å². The zero-order valence-corrected chi connectivity index (χ0v) is 17.9. The first-order valence-corrected chi connectivity index (χ1v) is 11.2. The van der Waals surface area contributed by atoms with Crippen molar-refractivity contribution in [3.05, 3.63) is 65.0 Å². The maximum absolute atomic E-state index is 13.3. The summed E-state index contributed by atoms with van der Waals surface area (Å²) in [6.45, 7) is 6.21. The molecule has 1 saturated heterocycles. The van der Waals surface area contributed by atoms with Crippen molar-refractivity contribution in [1.82, 2.24) is 9.62 Å². The Balaban J connectivity index is 1.75. The SMILES string of the molecule is Cc1ccc(S(=O)(=O)N2CCCC(C)(C(=O)NCc3cccc(F)c3)C2)c(C)c1. The predicted octanol–water partition coefficient (Wildman–Crippen LogP) is 3.55. The summed E-state index contributed by atoms with van der Waals surface area (Å²) >= 11 is 0. The molecule has 29 heavy (non-hydrogen) atoms. The lowest BCUT2D eigenvalue weighted by atomic mass is 9.82. The molecule has 1 aliphatic heterocycles. The molecule has 1 heterocycles. The molecule has 1 fully saturated rings. The number of nitrogens with zero attached hydrogens (tertiary/aromatic N) is 1. The van der Waals surface area contributed by atoms with Crippen molar-refractivity contribution < 1.29 is 17.6 Å². The summed E-state index contributed by atoms with van der Waals surface area (Å²) in [5.74, 6) is -0.575. The number of amides is 1. The average molecular weight is 419 g/mol. The van der Waals surface area contributed by atoms with E-state index in [4.69, 9.17) is 0 Å². The number of rotatable bonds is 5. The van der Waals surface area contributed by atoms with Gasteiger partial charge < -0.3 is 5.32 Å². The number of piperidine rings is 1. The Morgan fingerprint density at radius 2 is 1.97 bits per heavy atom. The number of aryl methyl sites for hydroxylation is 2. The molecule has 0 saturated carbocycles. The number of benzene rings is 2. The maximum atomic E-state index is 13.3. The Labute approximate surface area is 172 Å². The highest BCUT2D eigenvalue weighted by Crippen LogP contribution is 2.33. The number of sulfonamides is 1. The number of hydrogen-bond acceptors (Lipinski definition) is 3. The lowest BCUT2D eigenvalue weighted by Gasteiger charge is -2.38. The Morgan fingerprint density at radius 1 is 1.21 bits per heavy atom. The fourth-order valence-corrected chi connectivity index (χ4v) is 5.66. The van der Waals surface area contributed by atoms with Crippen molar-refractivity contribution in [3.63, 3.8) is 0 Å². The van der Waals surface area contributed by atoms with E-state index in [-0.39, 0.29) is 29.7 Å². The number of carbonyl (C=O) groups excluding carboxylic acids is 1. The highest BCUT2D eigenvalue weighted by Gasteiger charge is 2.42. The van der Waals surface area contributed by atoms with E-state index in [9.17, 15) is 17.6 Å². The Morgan fingerprint density at radius 3 is 2.66 bits per heavy atom. The minimum absolute atomic E-state index is 0.123. The second-order valence-electron chi connectivity index (χ2n) is 8.08. The van der Waals surface area contributed by atoms with E-state index in [1.54, 1.807) is 38.1 Å². The minimum atomic E-state index is -3.68. The molecule has 2 aromatic carbocycles. The van der Waals surface area contributed by atoms with Crippen molar-refractivity contribution in [2.24, 2.45) is 5.41 Å². The van der Waals surface area contributed by atoms with Crippen LogP contribution in [0.4, 0.5) is 4.39 Å². The molecule has 3 rings (SSSR count). The van der Waals surface area contributed by atoms with Crippen LogP contribution in [0.25, 0.3) is 0 Å². The topological polar surface area (TPSA) is 66.5 Å². The van der Waals surface area contributed by atoms with E-state index in [1.807, 2.05) is 13.0 Å². The summed E-state index contributed by atoms with van der Waals surface area (Å²) in [7, 11) is -3.68. The first-order chi connectivity index (χ1) is 13.6. The van der Waals surface area contributed by atoms with Crippen molar-refractivity contribution in [2.75, 3.05) is 13.1 Å². The lowest BCUT2D eigenvalue weighted by Crippen LogP contribution is -2.51. The van der Waals surface area contributed by atoms with Gasteiger partial charge in [0, 0.05) is 19.6 Å². The van der Waals surface area contributed by atoms with E-state index in [0.717, 1.165) is 5.56 Å². The fraction of sp³-hybridized carbons (Fsp3) is 0.409. The minimum Gasteiger partial charge on any atom is -0.352 e. The van der Waals surface area contributed by atoms with Crippen LogP contribution in [-0.2, 0) is 21.4 Å². The summed E-state index contributed by atoms with van der Waals surface area (Å²) < 4.78 is 41.1. The molecule has 0 radical (unpaired) electrons. The van der Waals surface area contributed by atoms with Crippen LogP contribution < -0.4 is 5.32 Å². The molecule has 1 amide bonds. The predicted molar refractivity (Wildman–Crippen MR) is 110 cm³/mol. The second-order valence-corrected chi connectivity index (χ2v) is 9.99. The fourth-order valence-electron chi connectivity index (χ4n) is 3.85. The molecular formula is C22H27FN2O3S. The zero-order chi connectivity index (χ0) is 21.2. The Bertz CT molecular complexity index is 1020. The molecule has 1 N–H and O–H groups in total. The van der Waals surface area contributed by atoms with Gasteiger partial charge in [0.25, 0.3) is 0 Å². The van der Waals surface area contributed by atoms with Gasteiger partial charge in [-0.05, 0) is 62.9 Å². The molecule has 1 atom stereocenters. The summed E-state index contributed by atoms with van der Waals surface area (Å²) in [5, 5.41) is 2.84.